The molecule has 3 heteroatoms. The molecule has 0 N–H and O–H groups in total. The molecule has 56 valence electrons. The van der Waals surface area contributed by atoms with E-state index < -0.39 is 0 Å². The molecule has 0 heterocycles. The van der Waals surface area contributed by atoms with Gasteiger partial charge >= 0.3 is 0 Å². The molecule has 3 nitrogen and oxygen atoms in total. The Hall–Kier alpha value is -0.440. The van der Waals surface area contributed by atoms with Gasteiger partial charge in [-0.3, -0.25) is 0 Å². The lowest BCUT2D eigenvalue weighted by atomic mass is 10.6. The Balaban J connectivity index is 0. The zero-order valence-electron chi connectivity index (χ0n) is 6.72. The third-order valence-electron chi connectivity index (χ3n) is 0.639. The van der Waals surface area contributed by atoms with Crippen molar-refractivity contribution in [2.75, 3.05) is 27.2 Å². The van der Waals surface area contributed by atoms with Crippen LogP contribution in [0.25, 0.3) is 0 Å². The van der Waals surface area contributed by atoms with Crippen LogP contribution in [0.3, 0.4) is 0 Å². The van der Waals surface area contributed by atoms with Gasteiger partial charge in [-0.25, -0.2) is 0 Å². The zero-order valence-corrected chi connectivity index (χ0v) is 6.72. The Morgan fingerprint density at radius 2 is 1.78 bits per heavy atom. The minimum absolute atomic E-state index is 0.396. The van der Waals surface area contributed by atoms with E-state index in [0.29, 0.717) is 6.54 Å². The monoisotopic (exact) mass is 132 g/mol. The van der Waals surface area contributed by atoms with Gasteiger partial charge < -0.3 is 4.90 Å². The quantitative estimate of drug-likeness (QED) is 0.543. The number of likely N-dealkylation sites (N-methyl/N-ethyl adjacent to an activating group) is 1. The second-order valence-electron chi connectivity index (χ2n) is 1.66. The smallest absolute Gasteiger partial charge is 0.0937 e. The first-order valence-electron chi connectivity index (χ1n) is 3.21. The summed E-state index contributed by atoms with van der Waals surface area (Å²) in [5.41, 5.74) is 0. The van der Waals surface area contributed by atoms with Gasteiger partial charge in [0.05, 0.1) is 6.54 Å². The van der Waals surface area contributed by atoms with E-state index in [1.54, 1.807) is 0 Å². The third-order valence-corrected chi connectivity index (χ3v) is 0.639. The molecule has 0 atom stereocenters. The number of nitroso groups, excluding NO2 is 1. The van der Waals surface area contributed by atoms with Crippen LogP contribution in [0.15, 0.2) is 5.18 Å². The highest BCUT2D eigenvalue weighted by atomic mass is 16.3. The van der Waals surface area contributed by atoms with Crippen molar-refractivity contribution in [2.45, 2.75) is 13.8 Å². The molecule has 0 aromatic heterocycles. The van der Waals surface area contributed by atoms with Crippen molar-refractivity contribution in [3.05, 3.63) is 4.91 Å². The Kier molecular flexibility index (Phi) is 13.3. The zero-order chi connectivity index (χ0) is 7.70. The fraction of sp³-hybridized carbons (Fsp3) is 1.00. The summed E-state index contributed by atoms with van der Waals surface area (Å²) in [6.07, 6.45) is 0. The predicted octanol–water partition coefficient (Wildman–Crippen LogP) is 1.34. The lowest BCUT2D eigenvalue weighted by Crippen LogP contribution is -2.14. The van der Waals surface area contributed by atoms with E-state index in [0.717, 1.165) is 6.54 Å². The first-order chi connectivity index (χ1) is 4.27. The Bertz CT molecular complexity index is 55.0. The van der Waals surface area contributed by atoms with E-state index >= 15 is 0 Å². The van der Waals surface area contributed by atoms with Gasteiger partial charge in [-0.15, -0.1) is 0 Å². The summed E-state index contributed by atoms with van der Waals surface area (Å²) < 4.78 is 0. The highest BCUT2D eigenvalue weighted by Crippen LogP contribution is 1.72. The average molecular weight is 132 g/mol. The van der Waals surface area contributed by atoms with Crippen LogP contribution in [0.5, 0.6) is 0 Å². The molecule has 0 fully saturated rings. The molecule has 0 radical (unpaired) electrons. The lowest BCUT2D eigenvalue weighted by molar-refractivity contribution is 0.420. The third kappa shape index (κ3) is 18.4. The maximum atomic E-state index is 9.43. The van der Waals surface area contributed by atoms with Crippen LogP contribution in [0, 0.1) is 4.91 Å². The molecule has 0 aliphatic carbocycles. The molecular weight excluding hydrogens is 116 g/mol. The first-order valence-corrected chi connectivity index (χ1v) is 3.21. The minimum Gasteiger partial charge on any atom is -0.307 e. The fourth-order valence-electron chi connectivity index (χ4n) is 0.241. The summed E-state index contributed by atoms with van der Waals surface area (Å²) >= 11 is 0. The van der Waals surface area contributed by atoms with Crippen molar-refractivity contribution in [3.8, 4) is 0 Å². The molecule has 0 saturated carbocycles. The normalized spacial score (nSPS) is 8.11. The second kappa shape index (κ2) is 10.5. The van der Waals surface area contributed by atoms with Gasteiger partial charge in [-0.05, 0) is 14.1 Å². The summed E-state index contributed by atoms with van der Waals surface area (Å²) in [5.74, 6) is 0. The van der Waals surface area contributed by atoms with E-state index in [1.165, 1.54) is 0 Å². The van der Waals surface area contributed by atoms with E-state index in [2.05, 4.69) is 5.18 Å². The first kappa shape index (κ1) is 11.4. The number of hydrogen-bond acceptors (Lipinski definition) is 3. The topological polar surface area (TPSA) is 32.7 Å². The lowest BCUT2D eigenvalue weighted by Gasteiger charge is -2.02. The number of nitrogens with zero attached hydrogens (tertiary/aromatic N) is 2. The van der Waals surface area contributed by atoms with Crippen LogP contribution in [0.4, 0.5) is 0 Å². The molecule has 0 bridgehead atoms. The largest absolute Gasteiger partial charge is 0.307 e. The molecule has 0 amide bonds. The number of hydrogen-bond donors (Lipinski definition) is 0. The second-order valence-corrected chi connectivity index (χ2v) is 1.66. The van der Waals surface area contributed by atoms with Crippen molar-refractivity contribution in [3.63, 3.8) is 0 Å². The van der Waals surface area contributed by atoms with Gasteiger partial charge in [0, 0.05) is 6.54 Å². The molecular formula is C6H16N2O. The Morgan fingerprint density at radius 3 is 1.89 bits per heavy atom. The summed E-state index contributed by atoms with van der Waals surface area (Å²) in [6.45, 7) is 5.15. The summed E-state index contributed by atoms with van der Waals surface area (Å²) in [6, 6.07) is 0. The maximum absolute atomic E-state index is 9.43. The highest BCUT2D eigenvalue weighted by Gasteiger charge is 1.84. The molecule has 0 aliphatic heterocycles. The summed E-state index contributed by atoms with van der Waals surface area (Å²) in [4.78, 5) is 11.4. The fourth-order valence-corrected chi connectivity index (χ4v) is 0.241. The molecule has 0 aromatic carbocycles. The standard InChI is InChI=1S/C4H10N2O.C2H6/c1-6(2)4-3-5-7;1-2/h3-4H2,1-2H3;1-2H3. The van der Waals surface area contributed by atoms with Crippen LogP contribution < -0.4 is 0 Å². The van der Waals surface area contributed by atoms with Crippen molar-refractivity contribution in [2.24, 2.45) is 5.18 Å². The molecule has 0 aromatic rings. The average Bonchev–Trinajstić information content (AvgIpc) is 1.88. The molecule has 0 aliphatic rings. The van der Waals surface area contributed by atoms with Crippen LogP contribution in [-0.4, -0.2) is 32.1 Å². The van der Waals surface area contributed by atoms with E-state index in [9.17, 15) is 4.91 Å². The van der Waals surface area contributed by atoms with E-state index in [1.807, 2.05) is 32.8 Å². The van der Waals surface area contributed by atoms with Crippen LogP contribution in [-0.2, 0) is 0 Å². The van der Waals surface area contributed by atoms with Crippen molar-refractivity contribution >= 4 is 0 Å². The summed E-state index contributed by atoms with van der Waals surface area (Å²) in [7, 11) is 3.82. The van der Waals surface area contributed by atoms with Gasteiger partial charge in [-0.1, -0.05) is 19.0 Å². The molecule has 0 unspecified atom stereocenters. The summed E-state index contributed by atoms with van der Waals surface area (Å²) in [5, 5.41) is 2.68. The minimum atomic E-state index is 0.396. The van der Waals surface area contributed by atoms with Gasteiger partial charge in [0.25, 0.3) is 0 Å². The van der Waals surface area contributed by atoms with Crippen LogP contribution >= 0.6 is 0 Å². The van der Waals surface area contributed by atoms with Crippen molar-refractivity contribution in [1.29, 1.82) is 0 Å². The van der Waals surface area contributed by atoms with E-state index in [-0.39, 0.29) is 0 Å². The predicted molar refractivity (Wildman–Crippen MR) is 40.6 cm³/mol. The maximum Gasteiger partial charge on any atom is 0.0937 e. The SMILES string of the molecule is CC.CN(C)CCN=O. The molecule has 0 rings (SSSR count). The van der Waals surface area contributed by atoms with Crippen LogP contribution in [0.1, 0.15) is 13.8 Å². The van der Waals surface area contributed by atoms with Gasteiger partial charge in [0.2, 0.25) is 0 Å². The van der Waals surface area contributed by atoms with Gasteiger partial charge in [-0.2, -0.15) is 4.91 Å². The number of rotatable bonds is 3. The molecule has 9 heavy (non-hydrogen) atoms. The van der Waals surface area contributed by atoms with Gasteiger partial charge in [0.15, 0.2) is 0 Å². The van der Waals surface area contributed by atoms with Crippen LogP contribution in [0.2, 0.25) is 0 Å². The Morgan fingerprint density at radius 1 is 1.33 bits per heavy atom. The van der Waals surface area contributed by atoms with Gasteiger partial charge in [0.1, 0.15) is 0 Å². The van der Waals surface area contributed by atoms with E-state index in [4.69, 9.17) is 0 Å². The molecule has 0 saturated heterocycles. The Labute approximate surface area is 57.0 Å². The van der Waals surface area contributed by atoms with Crippen molar-refractivity contribution < 1.29 is 0 Å². The van der Waals surface area contributed by atoms with Crippen molar-refractivity contribution in [1.82, 2.24) is 4.90 Å². The highest BCUT2D eigenvalue weighted by molar-refractivity contribution is 4.44. The molecule has 0 spiro atoms.